The summed E-state index contributed by atoms with van der Waals surface area (Å²) in [5, 5.41) is 19.5. The average Bonchev–Trinajstić information content (AvgIpc) is 2.30. The summed E-state index contributed by atoms with van der Waals surface area (Å²) in [6, 6.07) is 0. The van der Waals surface area contributed by atoms with Crippen LogP contribution in [0.15, 0.2) is 5.38 Å². The Kier molecular flexibility index (Phi) is 2.54. The summed E-state index contributed by atoms with van der Waals surface area (Å²) < 4.78 is 0.446. The Labute approximate surface area is 69.6 Å². The van der Waals surface area contributed by atoms with Crippen LogP contribution in [0, 0.1) is 0 Å². The van der Waals surface area contributed by atoms with Crippen molar-refractivity contribution in [1.82, 2.24) is 0 Å². The number of thiophene rings is 1. The van der Waals surface area contributed by atoms with Crippen molar-refractivity contribution in [3.05, 3.63) is 10.9 Å². The predicted molar refractivity (Wildman–Crippen MR) is 47.9 cm³/mol. The molecular formula is C6H10BNO2S. The van der Waals surface area contributed by atoms with Crippen molar-refractivity contribution >= 4 is 28.9 Å². The molecule has 0 aliphatic rings. The van der Waals surface area contributed by atoms with Crippen LogP contribution >= 0.6 is 11.3 Å². The average molecular weight is 171 g/mol. The van der Waals surface area contributed by atoms with E-state index in [0.29, 0.717) is 10.5 Å². The van der Waals surface area contributed by atoms with E-state index in [2.05, 4.69) is 0 Å². The van der Waals surface area contributed by atoms with Crippen LogP contribution in [-0.4, -0.2) is 17.2 Å². The van der Waals surface area contributed by atoms with E-state index in [1.807, 2.05) is 12.3 Å². The van der Waals surface area contributed by atoms with E-state index in [4.69, 9.17) is 15.8 Å². The van der Waals surface area contributed by atoms with Gasteiger partial charge in [-0.2, -0.15) is 11.3 Å². The highest BCUT2D eigenvalue weighted by atomic mass is 32.1. The molecule has 11 heavy (non-hydrogen) atoms. The third-order valence-electron chi connectivity index (χ3n) is 1.55. The van der Waals surface area contributed by atoms with Crippen molar-refractivity contribution in [2.24, 2.45) is 0 Å². The van der Waals surface area contributed by atoms with Gasteiger partial charge in [0.1, 0.15) is 0 Å². The highest BCUT2D eigenvalue weighted by molar-refractivity contribution is 7.21. The van der Waals surface area contributed by atoms with Crippen LogP contribution in [0.5, 0.6) is 0 Å². The summed E-state index contributed by atoms with van der Waals surface area (Å²) in [4.78, 5) is 0. The fourth-order valence-electron chi connectivity index (χ4n) is 0.894. The maximum absolute atomic E-state index is 8.80. The first-order chi connectivity index (χ1) is 5.16. The number of anilines is 1. The first kappa shape index (κ1) is 8.58. The number of rotatable bonds is 2. The lowest BCUT2D eigenvalue weighted by atomic mass is 9.87. The normalized spacial score (nSPS) is 10.1. The molecule has 1 heterocycles. The van der Waals surface area contributed by atoms with E-state index in [9.17, 15) is 0 Å². The summed E-state index contributed by atoms with van der Waals surface area (Å²) >= 11 is 1.28. The van der Waals surface area contributed by atoms with Crippen molar-refractivity contribution in [3.63, 3.8) is 0 Å². The quantitative estimate of drug-likeness (QED) is 0.529. The van der Waals surface area contributed by atoms with Crippen LogP contribution in [0.1, 0.15) is 12.5 Å². The Bertz CT molecular complexity index is 249. The van der Waals surface area contributed by atoms with Gasteiger partial charge in [0.2, 0.25) is 0 Å². The minimum absolute atomic E-state index is 0.446. The van der Waals surface area contributed by atoms with Gasteiger partial charge in [0.25, 0.3) is 0 Å². The van der Waals surface area contributed by atoms with E-state index in [1.54, 1.807) is 0 Å². The van der Waals surface area contributed by atoms with E-state index < -0.39 is 7.12 Å². The van der Waals surface area contributed by atoms with Crippen LogP contribution in [0.3, 0.4) is 0 Å². The molecule has 0 unspecified atom stereocenters. The SMILES string of the molecule is CCc1csc(B(O)O)c1N. The standard InChI is InChI=1S/C6H10BNO2S/c1-2-4-3-11-6(5(4)8)7(9)10/h3,9-10H,2,8H2,1H3. The van der Waals surface area contributed by atoms with Crippen LogP contribution in [-0.2, 0) is 6.42 Å². The molecule has 1 aromatic heterocycles. The van der Waals surface area contributed by atoms with Crippen molar-refractivity contribution in [3.8, 4) is 0 Å². The molecule has 0 radical (unpaired) electrons. The second kappa shape index (κ2) is 3.25. The van der Waals surface area contributed by atoms with Crippen LogP contribution in [0.2, 0.25) is 0 Å². The van der Waals surface area contributed by atoms with Gasteiger partial charge in [-0.15, -0.1) is 0 Å². The Hall–Kier alpha value is -0.515. The third kappa shape index (κ3) is 1.56. The van der Waals surface area contributed by atoms with Crippen LogP contribution < -0.4 is 10.5 Å². The summed E-state index contributed by atoms with van der Waals surface area (Å²) in [6.07, 6.45) is 0.828. The third-order valence-corrected chi connectivity index (χ3v) is 2.64. The number of nitrogen functional groups attached to an aromatic ring is 1. The van der Waals surface area contributed by atoms with E-state index in [1.165, 1.54) is 11.3 Å². The highest BCUT2D eigenvalue weighted by Crippen LogP contribution is 2.15. The number of hydrogen-bond donors (Lipinski definition) is 3. The van der Waals surface area contributed by atoms with Crippen LogP contribution in [0.4, 0.5) is 5.69 Å². The Balaban J connectivity index is 3.00. The second-order valence-corrected chi connectivity index (χ2v) is 3.18. The van der Waals surface area contributed by atoms with Gasteiger partial charge in [-0.05, 0) is 17.4 Å². The Morgan fingerprint density at radius 2 is 2.27 bits per heavy atom. The first-order valence-corrected chi connectivity index (χ1v) is 4.26. The molecule has 0 aliphatic carbocycles. The minimum Gasteiger partial charge on any atom is -0.423 e. The minimum atomic E-state index is -1.43. The molecule has 0 fully saturated rings. The van der Waals surface area contributed by atoms with Gasteiger partial charge in [-0.3, -0.25) is 0 Å². The zero-order valence-electron chi connectivity index (χ0n) is 6.24. The molecule has 1 aromatic rings. The molecule has 1 rings (SSSR count). The van der Waals surface area contributed by atoms with Gasteiger partial charge in [-0.25, -0.2) is 0 Å². The molecule has 3 nitrogen and oxygen atoms in total. The van der Waals surface area contributed by atoms with Gasteiger partial charge < -0.3 is 15.8 Å². The predicted octanol–water partition coefficient (Wildman–Crippen LogP) is -0.428. The molecule has 0 saturated carbocycles. The Morgan fingerprint density at radius 1 is 1.64 bits per heavy atom. The van der Waals surface area contributed by atoms with Gasteiger partial charge in [0, 0.05) is 5.69 Å². The zero-order chi connectivity index (χ0) is 8.43. The lowest BCUT2D eigenvalue weighted by Gasteiger charge is -1.97. The van der Waals surface area contributed by atoms with Crippen molar-refractivity contribution < 1.29 is 10.0 Å². The van der Waals surface area contributed by atoms with Crippen molar-refractivity contribution in [2.75, 3.05) is 5.73 Å². The topological polar surface area (TPSA) is 66.5 Å². The molecule has 5 heteroatoms. The van der Waals surface area contributed by atoms with Gasteiger partial charge in [-0.1, -0.05) is 6.92 Å². The summed E-state index contributed by atoms with van der Waals surface area (Å²) in [5.74, 6) is 0. The molecule has 60 valence electrons. The maximum atomic E-state index is 8.80. The Morgan fingerprint density at radius 3 is 2.55 bits per heavy atom. The van der Waals surface area contributed by atoms with Gasteiger partial charge in [0.15, 0.2) is 0 Å². The van der Waals surface area contributed by atoms with Crippen molar-refractivity contribution in [1.29, 1.82) is 0 Å². The van der Waals surface area contributed by atoms with E-state index in [0.717, 1.165) is 12.0 Å². The number of hydrogen-bond acceptors (Lipinski definition) is 4. The monoisotopic (exact) mass is 171 g/mol. The molecule has 0 amide bonds. The van der Waals surface area contributed by atoms with E-state index >= 15 is 0 Å². The number of nitrogens with two attached hydrogens (primary N) is 1. The summed E-state index contributed by atoms with van der Waals surface area (Å²) in [7, 11) is -1.43. The van der Waals surface area contributed by atoms with Gasteiger partial charge >= 0.3 is 7.12 Å². The molecule has 0 spiro atoms. The molecule has 4 N–H and O–H groups in total. The molecule has 0 saturated heterocycles. The summed E-state index contributed by atoms with van der Waals surface area (Å²) in [6.45, 7) is 1.98. The fraction of sp³-hybridized carbons (Fsp3) is 0.333. The molecular weight excluding hydrogens is 161 g/mol. The smallest absolute Gasteiger partial charge is 0.423 e. The molecule has 0 atom stereocenters. The maximum Gasteiger partial charge on any atom is 0.501 e. The van der Waals surface area contributed by atoms with Gasteiger partial charge in [0.05, 0.1) is 4.78 Å². The zero-order valence-corrected chi connectivity index (χ0v) is 7.06. The molecule has 0 aliphatic heterocycles. The highest BCUT2D eigenvalue weighted by Gasteiger charge is 2.18. The van der Waals surface area contributed by atoms with Crippen molar-refractivity contribution in [2.45, 2.75) is 13.3 Å². The molecule has 0 bridgehead atoms. The fourth-order valence-corrected chi connectivity index (χ4v) is 1.84. The second-order valence-electron chi connectivity index (χ2n) is 2.27. The molecule has 0 aromatic carbocycles. The lowest BCUT2D eigenvalue weighted by Crippen LogP contribution is -2.29. The lowest BCUT2D eigenvalue weighted by molar-refractivity contribution is 0.427. The summed E-state index contributed by atoms with van der Waals surface area (Å²) in [5.41, 5.74) is 7.11. The largest absolute Gasteiger partial charge is 0.501 e. The van der Waals surface area contributed by atoms with E-state index in [-0.39, 0.29) is 0 Å². The first-order valence-electron chi connectivity index (χ1n) is 3.38. The van der Waals surface area contributed by atoms with Crippen LogP contribution in [0.25, 0.3) is 0 Å². The number of aryl methyl sites for hydroxylation is 1.